The minimum atomic E-state index is -3.48. The van der Waals surface area contributed by atoms with Crippen LogP contribution >= 0.6 is 0 Å². The number of piperidine rings is 1. The summed E-state index contributed by atoms with van der Waals surface area (Å²) in [6.07, 6.45) is 4.56. The molecule has 6 nitrogen and oxygen atoms in total. The first-order chi connectivity index (χ1) is 9.45. The highest BCUT2D eigenvalue weighted by atomic mass is 32.2. The third kappa shape index (κ3) is 2.05. The maximum absolute atomic E-state index is 12.7. The van der Waals surface area contributed by atoms with Gasteiger partial charge < -0.3 is 9.88 Å². The van der Waals surface area contributed by atoms with E-state index in [1.807, 2.05) is 0 Å². The van der Waals surface area contributed by atoms with E-state index in [4.69, 9.17) is 0 Å². The summed E-state index contributed by atoms with van der Waals surface area (Å²) in [5.41, 5.74) is 0.357. The number of hydrogen-bond donors (Lipinski definition) is 1. The molecule has 0 aromatic carbocycles. The quantitative estimate of drug-likeness (QED) is 0.886. The second-order valence-electron chi connectivity index (χ2n) is 5.57. The average molecular weight is 297 g/mol. The van der Waals surface area contributed by atoms with Gasteiger partial charge in [0, 0.05) is 32.9 Å². The SMILES string of the molecule is CNC(=O)c1cc(S(=O)(=O)N2CCC[C@H]3C[C@@H]32)cn1C. The van der Waals surface area contributed by atoms with E-state index in [0.717, 1.165) is 19.3 Å². The minimum Gasteiger partial charge on any atom is -0.354 e. The standard InChI is InChI=1S/C13H19N3O3S/c1-14-13(17)12-7-10(8-15(12)2)20(18,19)16-5-3-4-9-6-11(9)16/h7-9,11H,3-6H2,1-2H3,(H,14,17)/t9-,11-/m0/s1. The Bertz CT molecular complexity index is 650. The molecule has 0 bridgehead atoms. The molecule has 0 radical (unpaired) electrons. The molecule has 1 N–H and O–H groups in total. The van der Waals surface area contributed by atoms with Gasteiger partial charge in [0.2, 0.25) is 10.0 Å². The summed E-state index contributed by atoms with van der Waals surface area (Å²) in [7, 11) is -0.269. The van der Waals surface area contributed by atoms with Crippen LogP contribution in [0.5, 0.6) is 0 Å². The van der Waals surface area contributed by atoms with Crippen molar-refractivity contribution >= 4 is 15.9 Å². The fraction of sp³-hybridized carbons (Fsp3) is 0.615. The molecular weight excluding hydrogens is 278 g/mol. The van der Waals surface area contributed by atoms with Crippen LogP contribution in [0.1, 0.15) is 29.8 Å². The van der Waals surface area contributed by atoms with Crippen molar-refractivity contribution in [1.29, 1.82) is 0 Å². The summed E-state index contributed by atoms with van der Waals surface area (Å²) < 4.78 is 28.5. The first-order valence-electron chi connectivity index (χ1n) is 6.85. The molecule has 2 fully saturated rings. The Balaban J connectivity index is 1.93. The fourth-order valence-electron chi connectivity index (χ4n) is 3.03. The average Bonchev–Trinajstić information content (AvgIpc) is 3.11. The number of hydrogen-bond acceptors (Lipinski definition) is 3. The summed E-state index contributed by atoms with van der Waals surface area (Å²) in [6.45, 7) is 0.591. The van der Waals surface area contributed by atoms with Gasteiger partial charge in [-0.25, -0.2) is 8.42 Å². The molecule has 1 aliphatic heterocycles. The van der Waals surface area contributed by atoms with Crippen molar-refractivity contribution in [1.82, 2.24) is 14.2 Å². The van der Waals surface area contributed by atoms with Gasteiger partial charge in [-0.15, -0.1) is 0 Å². The third-order valence-corrected chi connectivity index (χ3v) is 6.14. The summed E-state index contributed by atoms with van der Waals surface area (Å²) in [5.74, 6) is 0.262. The van der Waals surface area contributed by atoms with E-state index in [0.29, 0.717) is 18.2 Å². The predicted molar refractivity (Wildman–Crippen MR) is 73.8 cm³/mol. The molecule has 1 amide bonds. The molecule has 0 spiro atoms. The molecular formula is C13H19N3O3S. The Morgan fingerprint density at radius 1 is 1.45 bits per heavy atom. The topological polar surface area (TPSA) is 71.4 Å². The lowest BCUT2D eigenvalue weighted by atomic mass is 10.2. The highest BCUT2D eigenvalue weighted by molar-refractivity contribution is 7.89. The zero-order valence-electron chi connectivity index (χ0n) is 11.7. The number of fused-ring (bicyclic) bond motifs is 1. The monoisotopic (exact) mass is 297 g/mol. The van der Waals surface area contributed by atoms with Gasteiger partial charge in [0.25, 0.3) is 5.91 Å². The van der Waals surface area contributed by atoms with Crippen LogP contribution in [-0.4, -0.2) is 42.8 Å². The highest BCUT2D eigenvalue weighted by Gasteiger charge is 2.49. The van der Waals surface area contributed by atoms with Crippen molar-refractivity contribution in [3.05, 3.63) is 18.0 Å². The lowest BCUT2D eigenvalue weighted by Crippen LogP contribution is -2.37. The summed E-state index contributed by atoms with van der Waals surface area (Å²) in [6, 6.07) is 1.64. The normalized spacial score (nSPS) is 26.1. The maximum Gasteiger partial charge on any atom is 0.267 e. The number of carbonyl (C=O) groups is 1. The Morgan fingerprint density at radius 3 is 2.90 bits per heavy atom. The molecule has 2 aliphatic rings. The molecule has 2 atom stereocenters. The van der Waals surface area contributed by atoms with Crippen LogP contribution < -0.4 is 5.32 Å². The Hall–Kier alpha value is -1.34. The third-order valence-electron chi connectivity index (χ3n) is 4.25. The van der Waals surface area contributed by atoms with Gasteiger partial charge in [-0.2, -0.15) is 4.31 Å². The molecule has 1 saturated heterocycles. The van der Waals surface area contributed by atoms with Crippen LogP contribution in [0.3, 0.4) is 0 Å². The van der Waals surface area contributed by atoms with Crippen LogP contribution in [0.2, 0.25) is 0 Å². The summed E-state index contributed by atoms with van der Waals surface area (Å²) in [4.78, 5) is 11.9. The van der Waals surface area contributed by atoms with Gasteiger partial charge in [-0.3, -0.25) is 4.79 Å². The lowest BCUT2D eigenvalue weighted by molar-refractivity contribution is 0.0955. The van der Waals surface area contributed by atoms with E-state index in [9.17, 15) is 13.2 Å². The zero-order chi connectivity index (χ0) is 14.5. The van der Waals surface area contributed by atoms with Gasteiger partial charge in [-0.05, 0) is 31.2 Å². The largest absolute Gasteiger partial charge is 0.354 e. The van der Waals surface area contributed by atoms with E-state index < -0.39 is 10.0 Å². The van der Waals surface area contributed by atoms with Gasteiger partial charge in [0.05, 0.1) is 0 Å². The molecule has 110 valence electrons. The fourth-order valence-corrected chi connectivity index (χ4v) is 4.84. The van der Waals surface area contributed by atoms with Crippen molar-refractivity contribution < 1.29 is 13.2 Å². The van der Waals surface area contributed by atoms with Crippen molar-refractivity contribution in [3.8, 4) is 0 Å². The van der Waals surface area contributed by atoms with E-state index in [-0.39, 0.29) is 16.8 Å². The van der Waals surface area contributed by atoms with E-state index in [2.05, 4.69) is 5.32 Å². The van der Waals surface area contributed by atoms with Crippen molar-refractivity contribution in [2.75, 3.05) is 13.6 Å². The Kier molecular flexibility index (Phi) is 3.13. The van der Waals surface area contributed by atoms with Crippen LogP contribution in [0.4, 0.5) is 0 Å². The molecule has 2 heterocycles. The summed E-state index contributed by atoms with van der Waals surface area (Å²) >= 11 is 0. The molecule has 20 heavy (non-hydrogen) atoms. The van der Waals surface area contributed by atoms with Gasteiger partial charge in [-0.1, -0.05) is 0 Å². The van der Waals surface area contributed by atoms with Crippen LogP contribution in [0.25, 0.3) is 0 Å². The minimum absolute atomic E-state index is 0.178. The smallest absolute Gasteiger partial charge is 0.267 e. The summed E-state index contributed by atoms with van der Waals surface area (Å²) in [5, 5.41) is 2.52. The Labute approximate surface area is 118 Å². The number of sulfonamides is 1. The molecule has 1 aliphatic carbocycles. The van der Waals surface area contributed by atoms with E-state index in [1.165, 1.54) is 19.3 Å². The van der Waals surface area contributed by atoms with Crippen molar-refractivity contribution in [2.45, 2.75) is 30.2 Å². The van der Waals surface area contributed by atoms with Crippen molar-refractivity contribution in [2.24, 2.45) is 13.0 Å². The highest BCUT2D eigenvalue weighted by Crippen LogP contribution is 2.45. The lowest BCUT2D eigenvalue weighted by Gasteiger charge is -2.25. The van der Waals surface area contributed by atoms with Crippen LogP contribution in [-0.2, 0) is 17.1 Å². The molecule has 0 unspecified atom stereocenters. The van der Waals surface area contributed by atoms with Crippen molar-refractivity contribution in [3.63, 3.8) is 0 Å². The molecule has 1 saturated carbocycles. The number of nitrogens with zero attached hydrogens (tertiary/aromatic N) is 2. The second kappa shape index (κ2) is 4.60. The second-order valence-corrected chi connectivity index (χ2v) is 7.46. The number of aryl methyl sites for hydroxylation is 1. The van der Waals surface area contributed by atoms with Gasteiger partial charge >= 0.3 is 0 Å². The number of rotatable bonds is 3. The van der Waals surface area contributed by atoms with Crippen LogP contribution in [0.15, 0.2) is 17.2 Å². The molecule has 7 heteroatoms. The van der Waals surface area contributed by atoms with Crippen LogP contribution in [0, 0.1) is 5.92 Å². The van der Waals surface area contributed by atoms with E-state index in [1.54, 1.807) is 15.9 Å². The number of carbonyl (C=O) groups excluding carboxylic acids is 1. The number of nitrogens with one attached hydrogen (secondary N) is 1. The predicted octanol–water partition coefficient (Wildman–Crippen LogP) is 0.558. The first kappa shape index (κ1) is 13.6. The zero-order valence-corrected chi connectivity index (χ0v) is 12.5. The van der Waals surface area contributed by atoms with E-state index >= 15 is 0 Å². The molecule has 1 aromatic heterocycles. The maximum atomic E-state index is 12.7. The molecule has 3 rings (SSSR count). The first-order valence-corrected chi connectivity index (χ1v) is 8.29. The van der Waals surface area contributed by atoms with Gasteiger partial charge in [0.1, 0.15) is 10.6 Å². The number of amides is 1. The number of aromatic nitrogens is 1. The Morgan fingerprint density at radius 2 is 2.20 bits per heavy atom. The van der Waals surface area contributed by atoms with Gasteiger partial charge in [0.15, 0.2) is 0 Å². The molecule has 1 aromatic rings.